The Morgan fingerprint density at radius 3 is 2.20 bits per heavy atom. The summed E-state index contributed by atoms with van der Waals surface area (Å²) >= 11 is 0. The van der Waals surface area contributed by atoms with Gasteiger partial charge < -0.3 is 10.2 Å². The molecule has 0 aromatic carbocycles. The van der Waals surface area contributed by atoms with Gasteiger partial charge in [0.1, 0.15) is 0 Å². The highest BCUT2D eigenvalue weighted by atomic mass is 16.3. The first-order valence-corrected chi connectivity index (χ1v) is 6.49. The average Bonchev–Trinajstić information content (AvgIpc) is 2.23. The highest BCUT2D eigenvalue weighted by Gasteiger charge is 2.08. The quantitative estimate of drug-likeness (QED) is 0.551. The van der Waals surface area contributed by atoms with E-state index < -0.39 is 6.10 Å². The lowest BCUT2D eigenvalue weighted by Crippen LogP contribution is -2.15. The van der Waals surface area contributed by atoms with E-state index in [0.29, 0.717) is 5.92 Å². The highest BCUT2D eigenvalue weighted by molar-refractivity contribution is 4.60. The van der Waals surface area contributed by atoms with Crippen LogP contribution in [0.5, 0.6) is 0 Å². The lowest BCUT2D eigenvalue weighted by Gasteiger charge is -2.14. The number of aliphatic hydroxyl groups is 2. The van der Waals surface area contributed by atoms with Crippen LogP contribution >= 0.6 is 0 Å². The molecule has 0 aliphatic rings. The third-order valence-electron chi connectivity index (χ3n) is 2.94. The Morgan fingerprint density at radius 1 is 1.00 bits per heavy atom. The Hall–Kier alpha value is -0.0800. The summed E-state index contributed by atoms with van der Waals surface area (Å²) in [7, 11) is 0. The molecular weight excluding hydrogens is 188 g/mol. The summed E-state index contributed by atoms with van der Waals surface area (Å²) in [6, 6.07) is 0. The molecule has 2 nitrogen and oxygen atoms in total. The lowest BCUT2D eigenvalue weighted by atomic mass is 9.96. The molecule has 2 N–H and O–H groups in total. The predicted molar refractivity (Wildman–Crippen MR) is 64.9 cm³/mol. The van der Waals surface area contributed by atoms with Gasteiger partial charge in [-0.25, -0.2) is 0 Å². The van der Waals surface area contributed by atoms with Crippen LogP contribution in [0, 0.1) is 5.92 Å². The zero-order valence-corrected chi connectivity index (χ0v) is 10.4. The van der Waals surface area contributed by atoms with Gasteiger partial charge in [0.15, 0.2) is 0 Å². The van der Waals surface area contributed by atoms with E-state index in [-0.39, 0.29) is 6.61 Å². The fourth-order valence-electron chi connectivity index (χ4n) is 1.93. The molecule has 0 aliphatic heterocycles. The summed E-state index contributed by atoms with van der Waals surface area (Å²) < 4.78 is 0. The second kappa shape index (κ2) is 10.4. The van der Waals surface area contributed by atoms with Crippen molar-refractivity contribution >= 4 is 0 Å². The van der Waals surface area contributed by atoms with Crippen LogP contribution in [0.4, 0.5) is 0 Å². The maximum Gasteiger partial charge on any atom is 0.0773 e. The largest absolute Gasteiger partial charge is 0.394 e. The van der Waals surface area contributed by atoms with Crippen molar-refractivity contribution in [3.05, 3.63) is 0 Å². The molecule has 0 saturated heterocycles. The maximum atomic E-state index is 9.25. The van der Waals surface area contributed by atoms with E-state index in [4.69, 9.17) is 5.11 Å². The Labute approximate surface area is 94.7 Å². The molecule has 0 saturated carbocycles. The van der Waals surface area contributed by atoms with Gasteiger partial charge in [0.05, 0.1) is 12.7 Å². The van der Waals surface area contributed by atoms with E-state index >= 15 is 0 Å². The first-order chi connectivity index (χ1) is 7.20. The Kier molecular flexibility index (Phi) is 10.4. The minimum Gasteiger partial charge on any atom is -0.394 e. The molecule has 0 aromatic heterocycles. The summed E-state index contributed by atoms with van der Waals surface area (Å²) in [5.74, 6) is 0.540. The summed E-state index contributed by atoms with van der Waals surface area (Å²) in [6.45, 7) is 4.30. The molecule has 0 rings (SSSR count). The number of unbranched alkanes of at least 4 members (excludes halogenated alkanes) is 5. The predicted octanol–water partition coefficient (Wildman–Crippen LogP) is 3.12. The fourth-order valence-corrected chi connectivity index (χ4v) is 1.93. The van der Waals surface area contributed by atoms with Crippen molar-refractivity contribution in [2.24, 2.45) is 5.92 Å². The van der Waals surface area contributed by atoms with Gasteiger partial charge in [-0.2, -0.15) is 0 Å². The molecule has 2 heteroatoms. The molecule has 0 aromatic rings. The average molecular weight is 216 g/mol. The number of rotatable bonds is 10. The summed E-state index contributed by atoms with van der Waals surface area (Å²) in [6.07, 6.45) is 9.38. The Balaban J connectivity index is 3.20. The first-order valence-electron chi connectivity index (χ1n) is 6.49. The molecule has 2 atom stereocenters. The van der Waals surface area contributed by atoms with Crippen molar-refractivity contribution in [3.8, 4) is 0 Å². The van der Waals surface area contributed by atoms with E-state index in [0.717, 1.165) is 6.42 Å². The van der Waals surface area contributed by atoms with Crippen LogP contribution in [0.25, 0.3) is 0 Å². The molecule has 0 radical (unpaired) electrons. The van der Waals surface area contributed by atoms with Crippen molar-refractivity contribution in [2.45, 2.75) is 71.3 Å². The van der Waals surface area contributed by atoms with Gasteiger partial charge in [-0.1, -0.05) is 58.8 Å². The van der Waals surface area contributed by atoms with Crippen molar-refractivity contribution < 1.29 is 10.2 Å². The zero-order chi connectivity index (χ0) is 11.5. The van der Waals surface area contributed by atoms with Crippen LogP contribution in [0.3, 0.4) is 0 Å². The van der Waals surface area contributed by atoms with E-state index in [1.807, 2.05) is 0 Å². The topological polar surface area (TPSA) is 40.5 Å². The molecule has 0 fully saturated rings. The Bertz CT molecular complexity index is 126. The van der Waals surface area contributed by atoms with Crippen LogP contribution in [0.15, 0.2) is 0 Å². The second-order valence-electron chi connectivity index (χ2n) is 4.73. The molecule has 92 valence electrons. The number of aliphatic hydroxyl groups excluding tert-OH is 2. The normalized spacial score (nSPS) is 15.2. The molecule has 0 amide bonds. The highest BCUT2D eigenvalue weighted by Crippen LogP contribution is 2.16. The van der Waals surface area contributed by atoms with Gasteiger partial charge in [0.25, 0.3) is 0 Å². The fraction of sp³-hybridized carbons (Fsp3) is 1.00. The molecule has 2 unspecified atom stereocenters. The molecular formula is C13H28O2. The third kappa shape index (κ3) is 10.2. The number of hydrogen-bond acceptors (Lipinski definition) is 2. The number of hydrogen-bond donors (Lipinski definition) is 2. The molecule has 0 spiro atoms. The zero-order valence-electron chi connectivity index (χ0n) is 10.4. The standard InChI is InChI=1S/C13H28O2/c1-3-4-5-6-7-8-9-12(2)10-13(15)11-14/h12-15H,3-11H2,1-2H3. The third-order valence-corrected chi connectivity index (χ3v) is 2.94. The van der Waals surface area contributed by atoms with Crippen LogP contribution in [0.1, 0.15) is 65.2 Å². The first kappa shape index (κ1) is 14.9. The van der Waals surface area contributed by atoms with Crippen molar-refractivity contribution in [1.29, 1.82) is 0 Å². The molecule has 0 heterocycles. The molecule has 0 aliphatic carbocycles. The van der Waals surface area contributed by atoms with Crippen LogP contribution < -0.4 is 0 Å². The van der Waals surface area contributed by atoms with Crippen molar-refractivity contribution in [3.63, 3.8) is 0 Å². The van der Waals surface area contributed by atoms with E-state index in [1.165, 1.54) is 44.9 Å². The monoisotopic (exact) mass is 216 g/mol. The lowest BCUT2D eigenvalue weighted by molar-refractivity contribution is 0.0747. The minimum atomic E-state index is -0.514. The maximum absolute atomic E-state index is 9.25. The van der Waals surface area contributed by atoms with Gasteiger partial charge in [0, 0.05) is 0 Å². The van der Waals surface area contributed by atoms with Gasteiger partial charge in [-0.15, -0.1) is 0 Å². The molecule has 15 heavy (non-hydrogen) atoms. The van der Waals surface area contributed by atoms with Gasteiger partial charge >= 0.3 is 0 Å². The molecule has 0 bridgehead atoms. The Morgan fingerprint density at radius 2 is 1.60 bits per heavy atom. The minimum absolute atomic E-state index is 0.0964. The summed E-state index contributed by atoms with van der Waals surface area (Å²) in [5.41, 5.74) is 0. The van der Waals surface area contributed by atoms with Crippen LogP contribution in [-0.2, 0) is 0 Å². The van der Waals surface area contributed by atoms with Crippen LogP contribution in [-0.4, -0.2) is 22.9 Å². The van der Waals surface area contributed by atoms with Crippen molar-refractivity contribution in [1.82, 2.24) is 0 Å². The van der Waals surface area contributed by atoms with E-state index in [1.54, 1.807) is 0 Å². The second-order valence-corrected chi connectivity index (χ2v) is 4.73. The summed E-state index contributed by atoms with van der Waals surface area (Å²) in [5, 5.41) is 18.0. The van der Waals surface area contributed by atoms with Gasteiger partial charge in [-0.05, 0) is 12.3 Å². The van der Waals surface area contributed by atoms with Crippen LogP contribution in [0.2, 0.25) is 0 Å². The van der Waals surface area contributed by atoms with E-state index in [9.17, 15) is 5.11 Å². The van der Waals surface area contributed by atoms with E-state index in [2.05, 4.69) is 13.8 Å². The van der Waals surface area contributed by atoms with Gasteiger partial charge in [0.2, 0.25) is 0 Å². The SMILES string of the molecule is CCCCCCCCC(C)CC(O)CO. The summed E-state index contributed by atoms with van der Waals surface area (Å²) in [4.78, 5) is 0. The van der Waals surface area contributed by atoms with Gasteiger partial charge in [-0.3, -0.25) is 0 Å². The van der Waals surface area contributed by atoms with Crippen molar-refractivity contribution in [2.75, 3.05) is 6.61 Å². The smallest absolute Gasteiger partial charge is 0.0773 e.